The molecule has 29 heavy (non-hydrogen) atoms. The molecule has 0 heterocycles. The molecule has 0 fully saturated rings. The smallest absolute Gasteiger partial charge is 0.305 e. The van der Waals surface area contributed by atoms with Crippen molar-refractivity contribution in [1.82, 2.24) is 0 Å². The molecule has 5 nitrogen and oxygen atoms in total. The monoisotopic (exact) mass is 414 g/mol. The van der Waals surface area contributed by atoms with Crippen molar-refractivity contribution in [2.24, 2.45) is 0 Å². The minimum atomic E-state index is -0.978. The molecular formula is C24H46O5. The Morgan fingerprint density at radius 2 is 1.59 bits per heavy atom. The van der Waals surface area contributed by atoms with Crippen LogP contribution in [-0.4, -0.2) is 46.7 Å². The van der Waals surface area contributed by atoms with Crippen LogP contribution in [0.5, 0.6) is 0 Å². The van der Waals surface area contributed by atoms with Crippen LogP contribution < -0.4 is 0 Å². The molecule has 172 valence electrons. The Morgan fingerprint density at radius 3 is 2.24 bits per heavy atom. The van der Waals surface area contributed by atoms with E-state index in [9.17, 15) is 9.90 Å². The standard InChI is InChI=1S/C21H40O5.C3H6/c1-2-3-4-11-14-19(23)15-12-9-7-5-6-8-10-13-16-21(25)26-18-20(24)17-22;1-3-2/h9,12,19-20,22-24H,2-8,10-11,13-18H2,1H3;3H,1H2,2H3/b12-9-;. The van der Waals surface area contributed by atoms with Gasteiger partial charge in [-0.2, -0.15) is 0 Å². The van der Waals surface area contributed by atoms with E-state index in [1.54, 1.807) is 6.08 Å². The van der Waals surface area contributed by atoms with Crippen molar-refractivity contribution in [1.29, 1.82) is 0 Å². The Bertz CT molecular complexity index is 381. The van der Waals surface area contributed by atoms with Crippen LogP contribution in [-0.2, 0) is 9.53 Å². The number of aliphatic hydroxyl groups excluding tert-OH is 3. The molecule has 0 aliphatic rings. The number of esters is 1. The Morgan fingerprint density at radius 1 is 0.966 bits per heavy atom. The fraction of sp³-hybridized carbons (Fsp3) is 0.792. The van der Waals surface area contributed by atoms with Gasteiger partial charge in [0, 0.05) is 6.42 Å². The Balaban J connectivity index is 0. The van der Waals surface area contributed by atoms with Gasteiger partial charge in [0.1, 0.15) is 12.7 Å². The summed E-state index contributed by atoms with van der Waals surface area (Å²) in [7, 11) is 0. The van der Waals surface area contributed by atoms with Gasteiger partial charge in [0.2, 0.25) is 0 Å². The van der Waals surface area contributed by atoms with Crippen LogP contribution in [0.1, 0.15) is 97.3 Å². The number of hydrogen-bond donors (Lipinski definition) is 3. The molecule has 0 aromatic rings. The summed E-state index contributed by atoms with van der Waals surface area (Å²) in [5, 5.41) is 27.6. The van der Waals surface area contributed by atoms with Crippen LogP contribution in [0.25, 0.3) is 0 Å². The molecule has 0 aromatic heterocycles. The molecule has 0 bridgehead atoms. The maximum absolute atomic E-state index is 11.4. The molecule has 0 saturated carbocycles. The van der Waals surface area contributed by atoms with E-state index < -0.39 is 6.10 Å². The number of hydrogen-bond acceptors (Lipinski definition) is 5. The van der Waals surface area contributed by atoms with Crippen LogP contribution >= 0.6 is 0 Å². The van der Waals surface area contributed by atoms with Crippen molar-refractivity contribution in [2.75, 3.05) is 13.2 Å². The van der Waals surface area contributed by atoms with Crippen molar-refractivity contribution < 1.29 is 24.9 Å². The number of rotatable bonds is 18. The van der Waals surface area contributed by atoms with Crippen molar-refractivity contribution in [3.63, 3.8) is 0 Å². The van der Waals surface area contributed by atoms with E-state index in [-0.39, 0.29) is 25.3 Å². The highest BCUT2D eigenvalue weighted by Crippen LogP contribution is 2.10. The molecule has 0 amide bonds. The predicted octanol–water partition coefficient (Wildman–Crippen LogP) is 5.08. The van der Waals surface area contributed by atoms with E-state index in [1.165, 1.54) is 19.3 Å². The first-order valence-corrected chi connectivity index (χ1v) is 11.4. The van der Waals surface area contributed by atoms with Crippen molar-refractivity contribution in [3.05, 3.63) is 24.8 Å². The van der Waals surface area contributed by atoms with Gasteiger partial charge in [0.25, 0.3) is 0 Å². The molecule has 3 N–H and O–H groups in total. The Labute approximate surface area is 178 Å². The molecule has 0 saturated heterocycles. The van der Waals surface area contributed by atoms with Gasteiger partial charge in [0.05, 0.1) is 12.7 Å². The average Bonchev–Trinajstić information content (AvgIpc) is 2.71. The summed E-state index contributed by atoms with van der Waals surface area (Å²) in [5.74, 6) is -0.311. The van der Waals surface area contributed by atoms with E-state index in [1.807, 2.05) is 6.92 Å². The SMILES string of the molecule is C=CC.CCCCCCC(O)C/C=C\CCCCCCCC(=O)OCC(O)CO. The highest BCUT2D eigenvalue weighted by atomic mass is 16.5. The van der Waals surface area contributed by atoms with Crippen molar-refractivity contribution in [3.8, 4) is 0 Å². The third kappa shape index (κ3) is 26.8. The summed E-state index contributed by atoms with van der Waals surface area (Å²) >= 11 is 0. The Hall–Kier alpha value is -1.17. The van der Waals surface area contributed by atoms with Gasteiger partial charge in [-0.1, -0.05) is 70.1 Å². The van der Waals surface area contributed by atoms with Gasteiger partial charge in [0.15, 0.2) is 0 Å². The van der Waals surface area contributed by atoms with Crippen LogP contribution in [0.2, 0.25) is 0 Å². The highest BCUT2D eigenvalue weighted by molar-refractivity contribution is 5.69. The van der Waals surface area contributed by atoms with Gasteiger partial charge in [-0.15, -0.1) is 6.58 Å². The van der Waals surface area contributed by atoms with Gasteiger partial charge < -0.3 is 20.1 Å². The fourth-order valence-corrected chi connectivity index (χ4v) is 2.67. The molecule has 0 aliphatic heterocycles. The lowest BCUT2D eigenvalue weighted by Gasteiger charge is -2.08. The molecular weight excluding hydrogens is 368 g/mol. The summed E-state index contributed by atoms with van der Waals surface area (Å²) in [6.07, 6.45) is 17.9. The summed E-state index contributed by atoms with van der Waals surface area (Å²) < 4.78 is 4.84. The van der Waals surface area contributed by atoms with Crippen LogP contribution in [0.15, 0.2) is 24.8 Å². The lowest BCUT2D eigenvalue weighted by molar-refractivity contribution is -0.147. The Kier molecular flexibility index (Phi) is 25.7. The van der Waals surface area contributed by atoms with E-state index in [4.69, 9.17) is 14.9 Å². The number of unbranched alkanes of at least 4 members (excludes halogenated alkanes) is 8. The van der Waals surface area contributed by atoms with E-state index in [2.05, 4.69) is 25.7 Å². The molecule has 0 spiro atoms. The van der Waals surface area contributed by atoms with Gasteiger partial charge in [-0.05, 0) is 39.0 Å². The van der Waals surface area contributed by atoms with Gasteiger partial charge >= 0.3 is 5.97 Å². The first kappa shape index (κ1) is 30.0. The number of ether oxygens (including phenoxy) is 1. The van der Waals surface area contributed by atoms with Gasteiger partial charge in [-0.3, -0.25) is 4.79 Å². The second-order valence-corrected chi connectivity index (χ2v) is 7.44. The average molecular weight is 415 g/mol. The third-order valence-corrected chi connectivity index (χ3v) is 4.36. The zero-order valence-electron chi connectivity index (χ0n) is 18.9. The minimum Gasteiger partial charge on any atom is -0.463 e. The van der Waals surface area contributed by atoms with Crippen LogP contribution in [0, 0.1) is 0 Å². The first-order chi connectivity index (χ1) is 14.0. The zero-order valence-corrected chi connectivity index (χ0v) is 18.9. The maximum atomic E-state index is 11.4. The number of allylic oxidation sites excluding steroid dienone is 2. The van der Waals surface area contributed by atoms with E-state index >= 15 is 0 Å². The largest absolute Gasteiger partial charge is 0.463 e. The van der Waals surface area contributed by atoms with E-state index in [0.29, 0.717) is 6.42 Å². The van der Waals surface area contributed by atoms with Crippen LogP contribution in [0.3, 0.4) is 0 Å². The lowest BCUT2D eigenvalue weighted by Crippen LogP contribution is -2.21. The molecule has 5 heteroatoms. The predicted molar refractivity (Wildman–Crippen MR) is 121 cm³/mol. The molecule has 0 radical (unpaired) electrons. The maximum Gasteiger partial charge on any atom is 0.305 e. The van der Waals surface area contributed by atoms with Crippen LogP contribution in [0.4, 0.5) is 0 Å². The summed E-state index contributed by atoms with van der Waals surface area (Å²) in [5.41, 5.74) is 0. The van der Waals surface area contributed by atoms with E-state index in [0.717, 1.165) is 57.8 Å². The minimum absolute atomic E-state index is 0.130. The number of carbonyl (C=O) groups is 1. The molecule has 0 rings (SSSR count). The topological polar surface area (TPSA) is 87.0 Å². The third-order valence-electron chi connectivity index (χ3n) is 4.36. The zero-order chi connectivity index (χ0) is 22.2. The molecule has 0 aromatic carbocycles. The second kappa shape index (κ2) is 24.9. The fourth-order valence-electron chi connectivity index (χ4n) is 2.67. The van der Waals surface area contributed by atoms with Crippen molar-refractivity contribution >= 4 is 5.97 Å². The molecule has 2 atom stereocenters. The molecule has 0 aliphatic carbocycles. The number of aliphatic hydroxyl groups is 3. The highest BCUT2D eigenvalue weighted by Gasteiger charge is 2.07. The summed E-state index contributed by atoms with van der Waals surface area (Å²) in [4.78, 5) is 11.4. The quantitative estimate of drug-likeness (QED) is 0.165. The summed E-state index contributed by atoms with van der Waals surface area (Å²) in [6.45, 7) is 6.93. The number of carbonyl (C=O) groups excluding carboxylic acids is 1. The summed E-state index contributed by atoms with van der Waals surface area (Å²) in [6, 6.07) is 0. The van der Waals surface area contributed by atoms with Crippen molar-refractivity contribution in [2.45, 2.75) is 110 Å². The second-order valence-electron chi connectivity index (χ2n) is 7.44. The lowest BCUT2D eigenvalue weighted by atomic mass is 10.1. The molecule has 2 unspecified atom stereocenters. The first-order valence-electron chi connectivity index (χ1n) is 11.4. The van der Waals surface area contributed by atoms with Gasteiger partial charge in [-0.25, -0.2) is 0 Å². The normalized spacial score (nSPS) is 12.9.